The second-order valence-corrected chi connectivity index (χ2v) is 4.79. The highest BCUT2D eigenvalue weighted by molar-refractivity contribution is 5.50. The van der Waals surface area contributed by atoms with Gasteiger partial charge in [0.2, 0.25) is 0 Å². The van der Waals surface area contributed by atoms with Gasteiger partial charge in [-0.25, -0.2) is 0 Å². The first-order valence-electron chi connectivity index (χ1n) is 5.70. The fraction of sp³-hybridized carbons (Fsp3) is 0.538. The molecule has 0 unspecified atom stereocenters. The number of anilines is 1. The summed E-state index contributed by atoms with van der Waals surface area (Å²) in [7, 11) is 0. The molecule has 0 fully saturated rings. The number of nitrogens with zero attached hydrogens (tertiary/aromatic N) is 1. The van der Waals surface area contributed by atoms with Crippen molar-refractivity contribution >= 4 is 5.69 Å². The zero-order valence-electron chi connectivity index (χ0n) is 9.88. The number of benzene rings is 1. The van der Waals surface area contributed by atoms with Crippen LogP contribution in [0, 0.1) is 6.92 Å². The summed E-state index contributed by atoms with van der Waals surface area (Å²) < 4.78 is 0. The van der Waals surface area contributed by atoms with Crippen LogP contribution in [0.1, 0.15) is 30.5 Å². The third-order valence-electron chi connectivity index (χ3n) is 3.34. The van der Waals surface area contributed by atoms with E-state index in [2.05, 4.69) is 37.8 Å². The number of hydrogen-bond donors (Lipinski definition) is 1. The maximum Gasteiger partial charge on any atom is 0.0320 e. The highest BCUT2D eigenvalue weighted by Gasteiger charge is 2.19. The Morgan fingerprint density at radius 3 is 2.73 bits per heavy atom. The lowest BCUT2D eigenvalue weighted by molar-refractivity contribution is 0.203. The molecular formula is C13H20N2. The van der Waals surface area contributed by atoms with Crippen LogP contribution in [0.2, 0.25) is 0 Å². The van der Waals surface area contributed by atoms with Crippen molar-refractivity contribution in [2.45, 2.75) is 39.8 Å². The number of rotatable bonds is 1. The van der Waals surface area contributed by atoms with Gasteiger partial charge in [-0.05, 0) is 56.0 Å². The SMILES string of the molecule is Cc1cc(N)cc2c1CCN(C(C)C)C2. The van der Waals surface area contributed by atoms with Crippen molar-refractivity contribution in [3.05, 3.63) is 28.8 Å². The van der Waals surface area contributed by atoms with Crippen molar-refractivity contribution in [1.82, 2.24) is 4.90 Å². The molecule has 1 aliphatic heterocycles. The lowest BCUT2D eigenvalue weighted by Crippen LogP contribution is -2.36. The van der Waals surface area contributed by atoms with Gasteiger partial charge in [0.1, 0.15) is 0 Å². The topological polar surface area (TPSA) is 29.3 Å². The molecule has 0 bridgehead atoms. The van der Waals surface area contributed by atoms with Crippen molar-refractivity contribution in [3.63, 3.8) is 0 Å². The number of hydrogen-bond acceptors (Lipinski definition) is 2. The lowest BCUT2D eigenvalue weighted by atomic mass is 9.94. The fourth-order valence-corrected chi connectivity index (χ4v) is 2.41. The fourth-order valence-electron chi connectivity index (χ4n) is 2.41. The average Bonchev–Trinajstić information content (AvgIpc) is 2.16. The molecule has 1 heterocycles. The Morgan fingerprint density at radius 2 is 2.07 bits per heavy atom. The van der Waals surface area contributed by atoms with E-state index >= 15 is 0 Å². The van der Waals surface area contributed by atoms with E-state index < -0.39 is 0 Å². The van der Waals surface area contributed by atoms with E-state index in [0.29, 0.717) is 6.04 Å². The minimum Gasteiger partial charge on any atom is -0.399 e. The average molecular weight is 204 g/mol. The summed E-state index contributed by atoms with van der Waals surface area (Å²) in [6.45, 7) is 8.91. The summed E-state index contributed by atoms with van der Waals surface area (Å²) in [6, 6.07) is 4.85. The van der Waals surface area contributed by atoms with Gasteiger partial charge in [0.25, 0.3) is 0 Å². The van der Waals surface area contributed by atoms with Crippen molar-refractivity contribution in [2.75, 3.05) is 12.3 Å². The third-order valence-corrected chi connectivity index (χ3v) is 3.34. The Balaban J connectivity index is 2.33. The molecule has 0 atom stereocenters. The standard InChI is InChI=1S/C13H20N2/c1-9(2)15-5-4-13-10(3)6-12(14)7-11(13)8-15/h6-7,9H,4-5,8,14H2,1-3H3. The predicted octanol–water partition coefficient (Wildman–Crippen LogP) is 2.34. The van der Waals surface area contributed by atoms with E-state index in [1.807, 2.05) is 0 Å². The summed E-state index contributed by atoms with van der Waals surface area (Å²) in [5, 5.41) is 0. The summed E-state index contributed by atoms with van der Waals surface area (Å²) in [5.41, 5.74) is 11.1. The van der Waals surface area contributed by atoms with Crippen LogP contribution in [-0.2, 0) is 13.0 Å². The van der Waals surface area contributed by atoms with Crippen molar-refractivity contribution in [1.29, 1.82) is 0 Å². The molecule has 2 nitrogen and oxygen atoms in total. The molecule has 0 amide bonds. The van der Waals surface area contributed by atoms with E-state index in [-0.39, 0.29) is 0 Å². The zero-order valence-corrected chi connectivity index (χ0v) is 9.88. The maximum absolute atomic E-state index is 5.89. The third kappa shape index (κ3) is 2.00. The molecule has 82 valence electrons. The van der Waals surface area contributed by atoms with E-state index in [9.17, 15) is 0 Å². The van der Waals surface area contributed by atoms with E-state index in [0.717, 1.165) is 12.2 Å². The van der Waals surface area contributed by atoms with Gasteiger partial charge in [0, 0.05) is 24.8 Å². The summed E-state index contributed by atoms with van der Waals surface area (Å²) in [5.74, 6) is 0. The molecule has 0 saturated carbocycles. The van der Waals surface area contributed by atoms with Gasteiger partial charge < -0.3 is 5.73 Å². The first-order valence-corrected chi connectivity index (χ1v) is 5.70. The largest absolute Gasteiger partial charge is 0.399 e. The molecule has 1 aromatic carbocycles. The molecule has 0 saturated heterocycles. The second-order valence-electron chi connectivity index (χ2n) is 4.79. The quantitative estimate of drug-likeness (QED) is 0.711. The van der Waals surface area contributed by atoms with Gasteiger partial charge in [-0.1, -0.05) is 0 Å². The maximum atomic E-state index is 5.89. The summed E-state index contributed by atoms with van der Waals surface area (Å²) in [6.07, 6.45) is 1.17. The van der Waals surface area contributed by atoms with Crippen LogP contribution < -0.4 is 5.73 Å². The first kappa shape index (κ1) is 10.5. The molecule has 1 aromatic rings. The van der Waals surface area contributed by atoms with Crippen molar-refractivity contribution < 1.29 is 0 Å². The van der Waals surface area contributed by atoms with Crippen LogP contribution in [-0.4, -0.2) is 17.5 Å². The van der Waals surface area contributed by atoms with Crippen LogP contribution in [0.15, 0.2) is 12.1 Å². The van der Waals surface area contributed by atoms with Crippen molar-refractivity contribution in [3.8, 4) is 0 Å². The van der Waals surface area contributed by atoms with Crippen LogP contribution in [0.5, 0.6) is 0 Å². The smallest absolute Gasteiger partial charge is 0.0320 e. The Morgan fingerprint density at radius 1 is 1.33 bits per heavy atom. The molecule has 15 heavy (non-hydrogen) atoms. The van der Waals surface area contributed by atoms with E-state index in [4.69, 9.17) is 5.73 Å². The molecule has 2 N–H and O–H groups in total. The van der Waals surface area contributed by atoms with Gasteiger partial charge in [-0.2, -0.15) is 0 Å². The lowest BCUT2D eigenvalue weighted by Gasteiger charge is -2.32. The van der Waals surface area contributed by atoms with E-state index in [1.54, 1.807) is 0 Å². The van der Waals surface area contributed by atoms with E-state index in [1.165, 1.54) is 29.7 Å². The Hall–Kier alpha value is -1.02. The predicted molar refractivity (Wildman–Crippen MR) is 64.8 cm³/mol. The van der Waals surface area contributed by atoms with Gasteiger partial charge in [0.05, 0.1) is 0 Å². The zero-order chi connectivity index (χ0) is 11.0. The molecule has 2 heteroatoms. The minimum atomic E-state index is 0.625. The minimum absolute atomic E-state index is 0.625. The molecule has 0 aromatic heterocycles. The molecule has 0 radical (unpaired) electrons. The van der Waals surface area contributed by atoms with Gasteiger partial charge >= 0.3 is 0 Å². The van der Waals surface area contributed by atoms with Crippen LogP contribution >= 0.6 is 0 Å². The summed E-state index contributed by atoms with van der Waals surface area (Å²) in [4.78, 5) is 2.50. The molecule has 2 rings (SSSR count). The first-order chi connectivity index (χ1) is 7.08. The second kappa shape index (κ2) is 3.86. The van der Waals surface area contributed by atoms with Crippen LogP contribution in [0.3, 0.4) is 0 Å². The number of nitrogens with two attached hydrogens (primary N) is 1. The Labute approximate surface area is 92.1 Å². The Kier molecular flexibility index (Phi) is 2.70. The van der Waals surface area contributed by atoms with Gasteiger partial charge in [-0.3, -0.25) is 4.90 Å². The van der Waals surface area contributed by atoms with Crippen LogP contribution in [0.25, 0.3) is 0 Å². The normalized spacial score (nSPS) is 16.8. The highest BCUT2D eigenvalue weighted by atomic mass is 15.1. The van der Waals surface area contributed by atoms with Crippen LogP contribution in [0.4, 0.5) is 5.69 Å². The highest BCUT2D eigenvalue weighted by Crippen LogP contribution is 2.25. The number of fused-ring (bicyclic) bond motifs is 1. The molecule has 0 spiro atoms. The monoisotopic (exact) mass is 204 g/mol. The molecular weight excluding hydrogens is 184 g/mol. The Bertz CT molecular complexity index is 369. The summed E-state index contributed by atoms with van der Waals surface area (Å²) >= 11 is 0. The number of aryl methyl sites for hydroxylation is 1. The molecule has 1 aliphatic rings. The van der Waals surface area contributed by atoms with Gasteiger partial charge in [0.15, 0.2) is 0 Å². The molecule has 0 aliphatic carbocycles. The van der Waals surface area contributed by atoms with Crippen molar-refractivity contribution in [2.24, 2.45) is 0 Å². The van der Waals surface area contributed by atoms with Gasteiger partial charge in [-0.15, -0.1) is 0 Å². The number of nitrogen functional groups attached to an aromatic ring is 1.